The number of hydrogen-bond acceptors (Lipinski definition) is 3. The largest absolute Gasteiger partial charge is 0.376 e. The van der Waals surface area contributed by atoms with E-state index in [4.69, 9.17) is 21.4 Å². The molecule has 146 valence electrons. The molecule has 0 radical (unpaired) electrons. The van der Waals surface area contributed by atoms with E-state index in [2.05, 4.69) is 26.1 Å². The maximum absolute atomic E-state index is 13.0. The molecule has 0 bridgehead atoms. The van der Waals surface area contributed by atoms with Crippen LogP contribution in [0.2, 0.25) is 5.02 Å². The van der Waals surface area contributed by atoms with Crippen molar-refractivity contribution < 1.29 is 9.53 Å². The number of ether oxygens (including phenoxy) is 1. The van der Waals surface area contributed by atoms with Crippen molar-refractivity contribution in [1.82, 2.24) is 15.1 Å². The molecule has 6 heteroatoms. The van der Waals surface area contributed by atoms with Crippen molar-refractivity contribution >= 4 is 17.5 Å². The van der Waals surface area contributed by atoms with E-state index >= 15 is 0 Å². The number of halogens is 1. The van der Waals surface area contributed by atoms with Crippen LogP contribution in [0.4, 0.5) is 0 Å². The molecule has 1 N–H and O–H groups in total. The first-order chi connectivity index (χ1) is 13.0. The molecule has 1 amide bonds. The van der Waals surface area contributed by atoms with Gasteiger partial charge in [-0.1, -0.05) is 32.4 Å². The van der Waals surface area contributed by atoms with Crippen LogP contribution >= 0.6 is 11.6 Å². The van der Waals surface area contributed by atoms with Gasteiger partial charge in [0.05, 0.1) is 28.7 Å². The zero-order valence-electron chi connectivity index (χ0n) is 16.3. The van der Waals surface area contributed by atoms with Gasteiger partial charge < -0.3 is 10.1 Å². The predicted molar refractivity (Wildman–Crippen MR) is 108 cm³/mol. The highest BCUT2D eigenvalue weighted by molar-refractivity contribution is 6.30. The molecule has 0 spiro atoms. The van der Waals surface area contributed by atoms with E-state index in [9.17, 15) is 4.79 Å². The molecule has 0 saturated carbocycles. The van der Waals surface area contributed by atoms with Crippen molar-refractivity contribution in [2.75, 3.05) is 13.2 Å². The molecule has 1 saturated heterocycles. The summed E-state index contributed by atoms with van der Waals surface area (Å²) in [5.41, 5.74) is 3.40. The van der Waals surface area contributed by atoms with Crippen LogP contribution in [-0.2, 0) is 17.6 Å². The number of rotatable bonds is 7. The first-order valence-electron chi connectivity index (χ1n) is 9.76. The fourth-order valence-corrected chi connectivity index (χ4v) is 3.64. The van der Waals surface area contributed by atoms with E-state index in [1.165, 1.54) is 0 Å². The van der Waals surface area contributed by atoms with Gasteiger partial charge in [0.15, 0.2) is 0 Å². The van der Waals surface area contributed by atoms with E-state index in [1.54, 1.807) is 0 Å². The standard InChI is InChI=1S/C21H28ClN3O2/c1-4-19-20(21(26)23-13-17-6-5-11-27-17)18(12-14(2)3)24-25(19)16-9-7-15(22)8-10-16/h7-10,14,17H,4-6,11-13H2,1-3H3,(H,23,26)/t17-/m1/s1. The molecule has 1 aromatic heterocycles. The molecule has 0 unspecified atom stereocenters. The van der Waals surface area contributed by atoms with Crippen LogP contribution < -0.4 is 5.32 Å². The lowest BCUT2D eigenvalue weighted by atomic mass is 10.0. The van der Waals surface area contributed by atoms with Gasteiger partial charge in [-0.15, -0.1) is 0 Å². The van der Waals surface area contributed by atoms with Gasteiger partial charge in [-0.3, -0.25) is 4.79 Å². The Morgan fingerprint density at radius 3 is 2.70 bits per heavy atom. The third-order valence-electron chi connectivity index (χ3n) is 4.80. The zero-order valence-corrected chi connectivity index (χ0v) is 17.1. The molecule has 3 rings (SSSR count). The number of hydrogen-bond donors (Lipinski definition) is 1. The van der Waals surface area contributed by atoms with E-state index in [1.807, 2.05) is 28.9 Å². The lowest BCUT2D eigenvalue weighted by molar-refractivity contribution is 0.0856. The van der Waals surface area contributed by atoms with Gasteiger partial charge in [-0.25, -0.2) is 4.68 Å². The minimum Gasteiger partial charge on any atom is -0.376 e. The molecule has 0 aliphatic carbocycles. The molecule has 1 aliphatic heterocycles. The summed E-state index contributed by atoms with van der Waals surface area (Å²) < 4.78 is 7.51. The fraction of sp³-hybridized carbons (Fsp3) is 0.524. The second kappa shape index (κ2) is 8.89. The van der Waals surface area contributed by atoms with Gasteiger partial charge in [-0.05, 0) is 55.9 Å². The van der Waals surface area contributed by atoms with Crippen molar-refractivity contribution in [3.63, 3.8) is 0 Å². The van der Waals surface area contributed by atoms with Crippen molar-refractivity contribution in [3.05, 3.63) is 46.2 Å². The van der Waals surface area contributed by atoms with Crippen molar-refractivity contribution in [1.29, 1.82) is 0 Å². The number of nitrogens with one attached hydrogen (secondary N) is 1. The summed E-state index contributed by atoms with van der Waals surface area (Å²) in [7, 11) is 0. The summed E-state index contributed by atoms with van der Waals surface area (Å²) in [5.74, 6) is 0.353. The van der Waals surface area contributed by atoms with Crippen LogP contribution in [0.1, 0.15) is 55.4 Å². The summed E-state index contributed by atoms with van der Waals surface area (Å²) in [6.45, 7) is 7.67. The maximum Gasteiger partial charge on any atom is 0.255 e. The van der Waals surface area contributed by atoms with Crippen LogP contribution in [0.15, 0.2) is 24.3 Å². The Hall–Kier alpha value is -1.85. The molecule has 2 aromatic rings. The normalized spacial score (nSPS) is 16.9. The molecule has 1 aliphatic rings. The Labute approximate surface area is 166 Å². The number of aromatic nitrogens is 2. The molecule has 1 fully saturated rings. The minimum atomic E-state index is -0.0572. The quantitative estimate of drug-likeness (QED) is 0.772. The van der Waals surface area contributed by atoms with Gasteiger partial charge in [0.1, 0.15) is 0 Å². The lowest BCUT2D eigenvalue weighted by Gasteiger charge is -2.12. The highest BCUT2D eigenvalue weighted by atomic mass is 35.5. The zero-order chi connectivity index (χ0) is 19.4. The Kier molecular flexibility index (Phi) is 6.55. The average molecular weight is 390 g/mol. The lowest BCUT2D eigenvalue weighted by Crippen LogP contribution is -2.32. The van der Waals surface area contributed by atoms with Crippen LogP contribution in [0.25, 0.3) is 5.69 Å². The number of nitrogens with zero attached hydrogens (tertiary/aromatic N) is 2. The number of carbonyl (C=O) groups is 1. The summed E-state index contributed by atoms with van der Waals surface area (Å²) >= 11 is 6.03. The Balaban J connectivity index is 1.93. The van der Waals surface area contributed by atoms with Gasteiger partial charge in [0.25, 0.3) is 5.91 Å². The summed E-state index contributed by atoms with van der Waals surface area (Å²) in [4.78, 5) is 13.0. The first kappa shape index (κ1) is 19.9. The van der Waals surface area contributed by atoms with Crippen molar-refractivity contribution in [2.24, 2.45) is 5.92 Å². The monoisotopic (exact) mass is 389 g/mol. The number of benzene rings is 1. The van der Waals surface area contributed by atoms with Crippen LogP contribution in [0, 0.1) is 5.92 Å². The third-order valence-corrected chi connectivity index (χ3v) is 5.05. The van der Waals surface area contributed by atoms with Crippen LogP contribution in [-0.4, -0.2) is 34.9 Å². The molecule has 1 aromatic carbocycles. The third kappa shape index (κ3) is 4.71. The topological polar surface area (TPSA) is 56.1 Å². The van der Waals surface area contributed by atoms with Gasteiger partial charge in [-0.2, -0.15) is 5.10 Å². The maximum atomic E-state index is 13.0. The van der Waals surface area contributed by atoms with Crippen molar-refractivity contribution in [2.45, 2.75) is 52.6 Å². The van der Waals surface area contributed by atoms with Crippen LogP contribution in [0.5, 0.6) is 0 Å². The van der Waals surface area contributed by atoms with E-state index < -0.39 is 0 Å². The Bertz CT molecular complexity index is 777. The summed E-state index contributed by atoms with van der Waals surface area (Å²) in [6, 6.07) is 7.55. The minimum absolute atomic E-state index is 0.0572. The summed E-state index contributed by atoms with van der Waals surface area (Å²) in [6.07, 6.45) is 3.67. The van der Waals surface area contributed by atoms with E-state index in [-0.39, 0.29) is 12.0 Å². The van der Waals surface area contributed by atoms with E-state index in [0.717, 1.165) is 49.4 Å². The molecular formula is C21H28ClN3O2. The number of carbonyl (C=O) groups excluding carboxylic acids is 1. The first-order valence-corrected chi connectivity index (χ1v) is 10.1. The Morgan fingerprint density at radius 1 is 1.37 bits per heavy atom. The van der Waals surface area contributed by atoms with E-state index in [0.29, 0.717) is 23.0 Å². The van der Waals surface area contributed by atoms with Crippen LogP contribution in [0.3, 0.4) is 0 Å². The molecule has 1 atom stereocenters. The summed E-state index contributed by atoms with van der Waals surface area (Å²) in [5, 5.41) is 8.55. The fourth-order valence-electron chi connectivity index (χ4n) is 3.52. The number of amides is 1. The smallest absolute Gasteiger partial charge is 0.255 e. The van der Waals surface area contributed by atoms with Gasteiger partial charge in [0, 0.05) is 18.2 Å². The second-order valence-corrected chi connectivity index (χ2v) is 7.89. The highest BCUT2D eigenvalue weighted by Gasteiger charge is 2.25. The Morgan fingerprint density at radius 2 is 2.11 bits per heavy atom. The second-order valence-electron chi connectivity index (χ2n) is 7.45. The SMILES string of the molecule is CCc1c(C(=O)NC[C@H]2CCCO2)c(CC(C)C)nn1-c1ccc(Cl)cc1. The average Bonchev–Trinajstić information content (AvgIpc) is 3.27. The van der Waals surface area contributed by atoms with Gasteiger partial charge in [0.2, 0.25) is 0 Å². The molecule has 5 nitrogen and oxygen atoms in total. The van der Waals surface area contributed by atoms with Gasteiger partial charge >= 0.3 is 0 Å². The molecular weight excluding hydrogens is 362 g/mol. The predicted octanol–water partition coefficient (Wildman–Crippen LogP) is 4.20. The van der Waals surface area contributed by atoms with Crippen molar-refractivity contribution in [3.8, 4) is 5.69 Å². The molecule has 2 heterocycles. The highest BCUT2D eigenvalue weighted by Crippen LogP contribution is 2.23. The molecule has 27 heavy (non-hydrogen) atoms.